The van der Waals surface area contributed by atoms with Crippen molar-refractivity contribution in [3.8, 4) is 0 Å². The molecule has 0 aromatic rings. The highest BCUT2D eigenvalue weighted by Crippen LogP contribution is 2.60. The Labute approximate surface area is 133 Å². The minimum atomic E-state index is 0.0464. The Kier molecular flexibility index (Phi) is 3.76. The fourth-order valence-corrected chi connectivity index (χ4v) is 7.33. The summed E-state index contributed by atoms with van der Waals surface area (Å²) in [6.07, 6.45) is 11.6. The Morgan fingerprint density at radius 2 is 1.67 bits per heavy atom. The minimum absolute atomic E-state index is 0.0464. The average Bonchev–Trinajstić information content (AvgIpc) is 2.85. The maximum atomic E-state index is 13.0. The molecule has 0 unspecified atom stereocenters. The smallest absolute Gasteiger partial charge is 0.226 e. The van der Waals surface area contributed by atoms with Crippen LogP contribution in [0.1, 0.15) is 64.7 Å². The molecule has 1 amide bonds. The van der Waals surface area contributed by atoms with Crippen LogP contribution in [0.2, 0.25) is 0 Å². The monoisotopic (exact) mass is 307 g/mol. The molecule has 21 heavy (non-hydrogen) atoms. The van der Waals surface area contributed by atoms with E-state index in [4.69, 9.17) is 0 Å². The van der Waals surface area contributed by atoms with Crippen LogP contribution in [0.4, 0.5) is 0 Å². The summed E-state index contributed by atoms with van der Waals surface area (Å²) in [4.78, 5) is 13.0. The Hall–Kier alpha value is -0.180. The zero-order chi connectivity index (χ0) is 14.4. The van der Waals surface area contributed by atoms with Gasteiger partial charge in [0.2, 0.25) is 5.91 Å². The number of carbonyl (C=O) groups is 1. The Morgan fingerprint density at radius 3 is 2.24 bits per heavy atom. The van der Waals surface area contributed by atoms with E-state index in [1.165, 1.54) is 63.5 Å². The maximum Gasteiger partial charge on any atom is 0.226 e. The summed E-state index contributed by atoms with van der Waals surface area (Å²) >= 11 is 2.08. The third kappa shape index (κ3) is 2.64. The number of rotatable bonds is 4. The molecule has 118 valence electrons. The molecule has 4 bridgehead atoms. The summed E-state index contributed by atoms with van der Waals surface area (Å²) in [5.74, 6) is 4.26. The zero-order valence-corrected chi connectivity index (χ0v) is 14.1. The third-order valence-corrected chi connectivity index (χ3v) is 7.87. The third-order valence-electron chi connectivity index (χ3n) is 6.64. The average molecular weight is 308 g/mol. The lowest BCUT2D eigenvalue weighted by Crippen LogP contribution is -2.55. The van der Waals surface area contributed by atoms with Gasteiger partial charge in [0.05, 0.1) is 0 Å². The molecule has 5 aliphatic carbocycles. The largest absolute Gasteiger partial charge is 0.353 e. The fourth-order valence-electron chi connectivity index (χ4n) is 6.19. The van der Waals surface area contributed by atoms with Gasteiger partial charge in [-0.05, 0) is 81.3 Å². The van der Waals surface area contributed by atoms with Crippen LogP contribution < -0.4 is 5.32 Å². The predicted octanol–water partition coefficient (Wildman–Crippen LogP) is 3.99. The molecular formula is C18H29NOS. The summed E-state index contributed by atoms with van der Waals surface area (Å²) in [6, 6.07) is 0.467. The molecule has 0 aromatic heterocycles. The molecule has 0 aliphatic heterocycles. The maximum absolute atomic E-state index is 13.0. The van der Waals surface area contributed by atoms with Crippen molar-refractivity contribution in [2.75, 3.05) is 5.75 Å². The van der Waals surface area contributed by atoms with E-state index in [9.17, 15) is 4.79 Å². The number of thioether (sulfide) groups is 1. The van der Waals surface area contributed by atoms with Gasteiger partial charge in [-0.15, -0.1) is 0 Å². The van der Waals surface area contributed by atoms with Crippen molar-refractivity contribution in [1.29, 1.82) is 0 Å². The summed E-state index contributed by atoms with van der Waals surface area (Å²) < 4.78 is 0. The van der Waals surface area contributed by atoms with E-state index in [0.29, 0.717) is 11.9 Å². The zero-order valence-electron chi connectivity index (χ0n) is 13.3. The van der Waals surface area contributed by atoms with E-state index in [-0.39, 0.29) is 5.41 Å². The molecule has 0 spiro atoms. The summed E-state index contributed by atoms with van der Waals surface area (Å²) in [5, 5.41) is 4.26. The van der Waals surface area contributed by atoms with Gasteiger partial charge in [0.1, 0.15) is 0 Å². The second kappa shape index (κ2) is 5.47. The first-order valence-corrected chi connectivity index (χ1v) is 10.1. The van der Waals surface area contributed by atoms with Crippen molar-refractivity contribution in [3.63, 3.8) is 0 Å². The quantitative estimate of drug-likeness (QED) is 0.851. The van der Waals surface area contributed by atoms with Crippen molar-refractivity contribution in [2.45, 2.75) is 76.0 Å². The fraction of sp³-hybridized carbons (Fsp3) is 0.944. The van der Waals surface area contributed by atoms with Gasteiger partial charge in [-0.2, -0.15) is 11.8 Å². The predicted molar refractivity (Wildman–Crippen MR) is 88.3 cm³/mol. The lowest BCUT2D eigenvalue weighted by atomic mass is 9.49. The standard InChI is InChI=1S/C18H29NOS/c1-2-21-16-4-3-15(8-16)19-17(20)18-9-12-5-13(10-18)7-14(6-12)11-18/h12-16H,2-11H2,1H3,(H,19,20)/t12?,13?,14?,15-,16-,18?/m0/s1. The lowest BCUT2D eigenvalue weighted by Gasteiger charge is -2.55. The van der Waals surface area contributed by atoms with Crippen LogP contribution in [0.15, 0.2) is 0 Å². The number of amides is 1. The molecule has 0 saturated heterocycles. The first-order valence-electron chi connectivity index (χ1n) is 9.09. The molecule has 1 N–H and O–H groups in total. The highest BCUT2D eigenvalue weighted by atomic mass is 32.2. The van der Waals surface area contributed by atoms with Crippen LogP contribution in [0.5, 0.6) is 0 Å². The second-order valence-corrected chi connectivity index (χ2v) is 9.84. The van der Waals surface area contributed by atoms with Crippen molar-refractivity contribution in [1.82, 2.24) is 5.32 Å². The molecule has 2 atom stereocenters. The highest BCUT2D eigenvalue weighted by Gasteiger charge is 2.54. The summed E-state index contributed by atoms with van der Waals surface area (Å²) in [7, 11) is 0. The van der Waals surface area contributed by atoms with E-state index in [2.05, 4.69) is 24.0 Å². The van der Waals surface area contributed by atoms with E-state index in [0.717, 1.165) is 23.0 Å². The Morgan fingerprint density at radius 1 is 1.05 bits per heavy atom. The highest BCUT2D eigenvalue weighted by molar-refractivity contribution is 7.99. The first kappa shape index (κ1) is 14.4. The second-order valence-electron chi connectivity index (χ2n) is 8.26. The van der Waals surface area contributed by atoms with Crippen molar-refractivity contribution in [3.05, 3.63) is 0 Å². The molecule has 5 fully saturated rings. The molecule has 5 aliphatic rings. The van der Waals surface area contributed by atoms with Gasteiger partial charge in [-0.25, -0.2) is 0 Å². The van der Waals surface area contributed by atoms with Gasteiger partial charge < -0.3 is 5.32 Å². The van der Waals surface area contributed by atoms with Gasteiger partial charge in [0, 0.05) is 16.7 Å². The van der Waals surface area contributed by atoms with Crippen LogP contribution in [-0.2, 0) is 4.79 Å². The summed E-state index contributed by atoms with van der Waals surface area (Å²) in [5.41, 5.74) is 0.0464. The van der Waals surface area contributed by atoms with E-state index < -0.39 is 0 Å². The molecule has 3 heteroatoms. The van der Waals surface area contributed by atoms with Crippen molar-refractivity contribution >= 4 is 17.7 Å². The number of hydrogen-bond donors (Lipinski definition) is 1. The summed E-state index contributed by atoms with van der Waals surface area (Å²) in [6.45, 7) is 2.24. The van der Waals surface area contributed by atoms with Gasteiger partial charge in [-0.3, -0.25) is 4.79 Å². The van der Waals surface area contributed by atoms with Gasteiger partial charge in [-0.1, -0.05) is 6.92 Å². The lowest BCUT2D eigenvalue weighted by molar-refractivity contribution is -0.147. The molecule has 2 nitrogen and oxygen atoms in total. The van der Waals surface area contributed by atoms with Gasteiger partial charge in [0.15, 0.2) is 0 Å². The number of carbonyl (C=O) groups excluding carboxylic acids is 1. The molecular weight excluding hydrogens is 278 g/mol. The topological polar surface area (TPSA) is 29.1 Å². The van der Waals surface area contributed by atoms with Crippen molar-refractivity contribution in [2.24, 2.45) is 23.2 Å². The molecule has 0 heterocycles. The molecule has 5 saturated carbocycles. The molecule has 5 rings (SSSR count). The van der Waals surface area contributed by atoms with Crippen LogP contribution in [0.3, 0.4) is 0 Å². The van der Waals surface area contributed by atoms with E-state index in [1.807, 2.05) is 0 Å². The number of nitrogens with one attached hydrogen (secondary N) is 1. The van der Waals surface area contributed by atoms with Crippen LogP contribution in [-0.4, -0.2) is 23.0 Å². The van der Waals surface area contributed by atoms with Crippen LogP contribution >= 0.6 is 11.8 Å². The first-order chi connectivity index (χ1) is 10.2. The van der Waals surface area contributed by atoms with Gasteiger partial charge in [0.25, 0.3) is 0 Å². The van der Waals surface area contributed by atoms with Gasteiger partial charge >= 0.3 is 0 Å². The SMILES string of the molecule is CCS[C@H]1CC[C@H](NC(=O)C23CC4CC(CC(C4)C2)C3)C1. The number of hydrogen-bond acceptors (Lipinski definition) is 2. The molecule has 0 radical (unpaired) electrons. The Balaban J connectivity index is 1.39. The van der Waals surface area contributed by atoms with E-state index >= 15 is 0 Å². The van der Waals surface area contributed by atoms with Crippen LogP contribution in [0.25, 0.3) is 0 Å². The minimum Gasteiger partial charge on any atom is -0.353 e. The van der Waals surface area contributed by atoms with Crippen molar-refractivity contribution < 1.29 is 4.79 Å². The Bertz CT molecular complexity index is 386. The van der Waals surface area contributed by atoms with Crippen LogP contribution in [0, 0.1) is 23.2 Å². The normalized spacial score (nSPS) is 47.8. The molecule has 0 aromatic carbocycles. The van der Waals surface area contributed by atoms with E-state index in [1.54, 1.807) is 0 Å².